The topological polar surface area (TPSA) is 490 Å². The van der Waals surface area contributed by atoms with Crippen molar-refractivity contribution in [3.63, 3.8) is 0 Å². The number of aromatic amines is 1. The minimum atomic E-state index is -1.87. The molecule has 0 aliphatic rings. The molecule has 356 valence electrons. The van der Waals surface area contributed by atoms with Gasteiger partial charge in [-0.3, -0.25) is 52.7 Å². The molecule has 0 aliphatic heterocycles. The first-order valence-electron chi connectivity index (χ1n) is 19.4. The first-order valence-corrected chi connectivity index (χ1v) is 19.4. The van der Waals surface area contributed by atoms with Crippen LogP contribution in [0.25, 0.3) is 10.9 Å². The van der Waals surface area contributed by atoms with E-state index in [0.717, 1.165) is 6.92 Å². The average molecular weight is 921 g/mol. The van der Waals surface area contributed by atoms with Gasteiger partial charge in [0.1, 0.15) is 36.3 Å². The van der Waals surface area contributed by atoms with E-state index in [2.05, 4.69) is 36.9 Å². The Labute approximate surface area is 367 Å². The number of hydrogen-bond donors (Lipinski definition) is 16. The molecule has 0 bridgehead atoms. The lowest BCUT2D eigenvalue weighted by Crippen LogP contribution is -2.60. The SMILES string of the molecule is C[C@@H](O)[C@H](NC(=O)CNC(=O)[C@H](CC(N)=O)NC(=O)[C@H](CCC(N)=O)NC(=O)[C@H](Cc1c[nH]c2ccccc12)NC(=O)[C@H](CC(N)=O)NC(=O)[C@@H](N)CC(=O)O)C(=O)N[C@@H](CO)C(=O)O. The summed E-state index contributed by atoms with van der Waals surface area (Å²) in [5, 5.41) is 52.9. The van der Waals surface area contributed by atoms with Gasteiger partial charge in [-0.2, -0.15) is 0 Å². The molecule has 0 radical (unpaired) electrons. The number of aliphatic hydroxyl groups excluding tert-OH is 2. The number of carboxylic acids is 2. The second kappa shape index (κ2) is 25.4. The molecule has 2 aromatic rings. The van der Waals surface area contributed by atoms with Gasteiger partial charge in [-0.25, -0.2) is 4.79 Å². The number of aliphatic carboxylic acids is 2. The first-order chi connectivity index (χ1) is 30.4. The summed E-state index contributed by atoms with van der Waals surface area (Å²) < 4.78 is 0. The third-order valence-corrected chi connectivity index (χ3v) is 9.15. The molecule has 0 fully saturated rings. The van der Waals surface area contributed by atoms with Crippen LogP contribution in [-0.4, -0.2) is 158 Å². The van der Waals surface area contributed by atoms with Gasteiger partial charge in [0.25, 0.3) is 0 Å². The van der Waals surface area contributed by atoms with E-state index >= 15 is 0 Å². The van der Waals surface area contributed by atoms with Gasteiger partial charge in [-0.1, -0.05) is 18.2 Å². The molecule has 28 heteroatoms. The summed E-state index contributed by atoms with van der Waals surface area (Å²) in [6, 6.07) is -5.60. The van der Waals surface area contributed by atoms with Crippen molar-refractivity contribution < 1.29 is 78.0 Å². The molecule has 28 nitrogen and oxygen atoms in total. The Balaban J connectivity index is 2.39. The fourth-order valence-corrected chi connectivity index (χ4v) is 5.85. The van der Waals surface area contributed by atoms with E-state index in [1.54, 1.807) is 24.3 Å². The maximum Gasteiger partial charge on any atom is 0.328 e. The third kappa shape index (κ3) is 17.9. The molecule has 2 rings (SSSR count). The highest BCUT2D eigenvalue weighted by Gasteiger charge is 2.35. The van der Waals surface area contributed by atoms with Crippen molar-refractivity contribution in [2.24, 2.45) is 22.9 Å². The molecule has 0 saturated heterocycles. The van der Waals surface area contributed by atoms with Crippen LogP contribution in [0.5, 0.6) is 0 Å². The fourth-order valence-electron chi connectivity index (χ4n) is 5.85. The molecule has 0 aliphatic carbocycles. The predicted molar refractivity (Wildman–Crippen MR) is 219 cm³/mol. The Hall–Kier alpha value is -7.72. The molecule has 1 aromatic heterocycles. The Kier molecular flexibility index (Phi) is 20.9. The van der Waals surface area contributed by atoms with Gasteiger partial charge in [0.2, 0.25) is 59.1 Å². The maximum atomic E-state index is 14.1. The summed E-state index contributed by atoms with van der Waals surface area (Å²) in [6.07, 6.45) is -4.18. The molecule has 1 aromatic carbocycles. The summed E-state index contributed by atoms with van der Waals surface area (Å²) in [5.41, 5.74) is 22.5. The van der Waals surface area contributed by atoms with E-state index in [1.807, 2.05) is 5.32 Å². The number of nitrogens with one attached hydrogen (secondary N) is 8. The number of carbonyl (C=O) groups is 12. The summed E-state index contributed by atoms with van der Waals surface area (Å²) in [4.78, 5) is 154. The average Bonchev–Trinajstić information content (AvgIpc) is 3.62. The molecule has 0 spiro atoms. The summed E-state index contributed by atoms with van der Waals surface area (Å²) in [6.45, 7) is -0.942. The van der Waals surface area contributed by atoms with Crippen LogP contribution in [-0.2, 0) is 64.0 Å². The van der Waals surface area contributed by atoms with Crippen LogP contribution in [0.15, 0.2) is 30.5 Å². The lowest BCUT2D eigenvalue weighted by Gasteiger charge is -2.26. The van der Waals surface area contributed by atoms with Crippen molar-refractivity contribution in [1.29, 1.82) is 0 Å². The van der Waals surface area contributed by atoms with Gasteiger partial charge in [-0.15, -0.1) is 0 Å². The number of benzene rings is 1. The Morgan fingerprint density at radius 3 is 1.72 bits per heavy atom. The molecule has 10 amide bonds. The van der Waals surface area contributed by atoms with E-state index in [0.29, 0.717) is 16.5 Å². The number of amides is 10. The fraction of sp³-hybridized carbons (Fsp3) is 0.459. The second-order valence-corrected chi connectivity index (χ2v) is 14.4. The highest BCUT2D eigenvalue weighted by Crippen LogP contribution is 2.19. The molecule has 0 unspecified atom stereocenters. The van der Waals surface area contributed by atoms with E-state index in [1.165, 1.54) is 6.20 Å². The minimum Gasteiger partial charge on any atom is -0.481 e. The van der Waals surface area contributed by atoms with Crippen molar-refractivity contribution in [1.82, 2.24) is 42.2 Å². The summed E-state index contributed by atoms with van der Waals surface area (Å²) in [5.74, 6) is -14.6. The standard InChI is InChI=1S/C37H52N12O16/c1-15(51)30(36(63)48-24(14-50)37(64)65)49-28(55)13-43-32(59)22(10-26(40)53)47-33(60)20(6-7-25(39)52)44-34(61)21(8-16-12-42-19-5-3-2-4-17(16)19)46-35(62)23(11-27(41)54)45-31(58)18(38)9-29(56)57/h2-5,12,15,18,20-24,30,42,50-51H,6-11,13-14,38H2,1H3,(H2,39,52)(H2,40,53)(H2,41,54)(H,43,59)(H,44,61)(H,45,58)(H,46,62)(H,47,60)(H,48,63)(H,49,55)(H,56,57)(H,64,65)/t15-,18+,20+,21+,22+,23+,24+,30+/m1/s1. The number of hydrogen-bond acceptors (Lipinski definition) is 15. The Bertz CT molecular complexity index is 2130. The monoisotopic (exact) mass is 920 g/mol. The van der Waals surface area contributed by atoms with E-state index < -0.39 is 165 Å². The second-order valence-electron chi connectivity index (χ2n) is 14.4. The van der Waals surface area contributed by atoms with Gasteiger partial charge < -0.3 is 85.6 Å². The number of aliphatic hydroxyl groups is 2. The van der Waals surface area contributed by atoms with Crippen LogP contribution in [0.2, 0.25) is 0 Å². The number of carbonyl (C=O) groups excluding carboxylic acids is 10. The molecule has 20 N–H and O–H groups in total. The zero-order valence-electron chi connectivity index (χ0n) is 34.7. The number of fused-ring (bicyclic) bond motifs is 1. The van der Waals surface area contributed by atoms with Gasteiger partial charge >= 0.3 is 11.9 Å². The highest BCUT2D eigenvalue weighted by molar-refractivity contribution is 5.99. The maximum absolute atomic E-state index is 14.1. The molecular weight excluding hydrogens is 868 g/mol. The molecule has 1 heterocycles. The van der Waals surface area contributed by atoms with Crippen molar-refractivity contribution in [2.75, 3.05) is 13.2 Å². The van der Waals surface area contributed by atoms with Crippen LogP contribution >= 0.6 is 0 Å². The van der Waals surface area contributed by atoms with Crippen LogP contribution in [0.3, 0.4) is 0 Å². The quantitative estimate of drug-likeness (QED) is 0.0377. The van der Waals surface area contributed by atoms with Crippen molar-refractivity contribution in [3.8, 4) is 0 Å². The lowest BCUT2D eigenvalue weighted by atomic mass is 10.0. The molecule has 8 atom stereocenters. The largest absolute Gasteiger partial charge is 0.481 e. The Morgan fingerprint density at radius 2 is 1.17 bits per heavy atom. The third-order valence-electron chi connectivity index (χ3n) is 9.15. The van der Waals surface area contributed by atoms with E-state index in [4.69, 9.17) is 33.1 Å². The van der Waals surface area contributed by atoms with E-state index in [-0.39, 0.29) is 6.42 Å². The molecular formula is C37H52N12O16. The molecule has 0 saturated carbocycles. The predicted octanol–water partition coefficient (Wildman–Crippen LogP) is -7.99. The highest BCUT2D eigenvalue weighted by atomic mass is 16.4. The Morgan fingerprint density at radius 1 is 0.646 bits per heavy atom. The summed E-state index contributed by atoms with van der Waals surface area (Å²) in [7, 11) is 0. The normalized spacial score (nSPS) is 14.6. The minimum absolute atomic E-state index is 0.338. The number of nitrogens with two attached hydrogens (primary N) is 4. The van der Waals surface area contributed by atoms with Gasteiger partial charge in [0.15, 0.2) is 0 Å². The van der Waals surface area contributed by atoms with Crippen molar-refractivity contribution in [2.45, 2.75) is 93.8 Å². The smallest absolute Gasteiger partial charge is 0.328 e. The number of primary amides is 3. The number of aromatic nitrogens is 1. The first kappa shape index (κ1) is 53.4. The van der Waals surface area contributed by atoms with Gasteiger partial charge in [0.05, 0.1) is 44.6 Å². The van der Waals surface area contributed by atoms with E-state index in [9.17, 15) is 67.7 Å². The zero-order valence-corrected chi connectivity index (χ0v) is 34.7. The number of para-hydroxylation sites is 1. The van der Waals surface area contributed by atoms with Crippen LogP contribution in [0.1, 0.15) is 44.6 Å². The summed E-state index contributed by atoms with van der Waals surface area (Å²) >= 11 is 0. The van der Waals surface area contributed by atoms with Crippen LogP contribution < -0.4 is 60.2 Å². The zero-order chi connectivity index (χ0) is 49.1. The molecule has 65 heavy (non-hydrogen) atoms. The number of rotatable bonds is 28. The number of carboxylic acid groups (broad SMARTS) is 2. The van der Waals surface area contributed by atoms with Gasteiger partial charge in [-0.05, 0) is 25.0 Å². The van der Waals surface area contributed by atoms with Crippen molar-refractivity contribution >= 4 is 81.9 Å². The van der Waals surface area contributed by atoms with Crippen molar-refractivity contribution in [3.05, 3.63) is 36.0 Å². The lowest BCUT2D eigenvalue weighted by molar-refractivity contribution is -0.144. The number of H-pyrrole nitrogens is 1. The van der Waals surface area contributed by atoms with Gasteiger partial charge in [0, 0.05) is 29.9 Å². The van der Waals surface area contributed by atoms with Crippen LogP contribution in [0.4, 0.5) is 0 Å². The van der Waals surface area contributed by atoms with Crippen LogP contribution in [0, 0.1) is 0 Å².